The van der Waals surface area contributed by atoms with Crippen LogP contribution in [-0.4, -0.2) is 56.1 Å². The Morgan fingerprint density at radius 1 is 0.721 bits per heavy atom. The molecule has 1 aliphatic rings. The molecule has 4 N–H and O–H groups in total. The summed E-state index contributed by atoms with van der Waals surface area (Å²) in [5.41, 5.74) is 11.7. The van der Waals surface area contributed by atoms with E-state index < -0.39 is 43.7 Å². The molecule has 2 atom stereocenters. The van der Waals surface area contributed by atoms with Crippen LogP contribution in [0.15, 0.2) is 58.3 Å². The summed E-state index contributed by atoms with van der Waals surface area (Å²) in [6.07, 6.45) is 9.40. The molecule has 2 unspecified atom stereocenters. The molecule has 0 bridgehead atoms. The first-order valence-electron chi connectivity index (χ1n) is 11.9. The zero-order chi connectivity index (χ0) is 32.9. The number of aromatic carboxylic acids is 2. The van der Waals surface area contributed by atoms with Gasteiger partial charge in [-0.25, -0.2) is 0 Å². The van der Waals surface area contributed by atoms with Gasteiger partial charge in [0.15, 0.2) is 0 Å². The second-order valence-electron chi connectivity index (χ2n) is 8.39. The molecule has 0 spiro atoms. The average molecular weight is 828 g/mol. The molecular formula is C24H32N4O12PtS2. The van der Waals surface area contributed by atoms with E-state index >= 15 is 0 Å². The van der Waals surface area contributed by atoms with Crippen molar-refractivity contribution in [1.29, 1.82) is 0 Å². The van der Waals surface area contributed by atoms with Crippen molar-refractivity contribution >= 4 is 33.5 Å². The summed E-state index contributed by atoms with van der Waals surface area (Å²) in [7, 11) is -2.56. The topological polar surface area (TPSA) is 299 Å². The predicted molar refractivity (Wildman–Crippen MR) is 151 cm³/mol. The van der Waals surface area contributed by atoms with E-state index in [0.29, 0.717) is 15.2 Å². The Labute approximate surface area is 266 Å². The molecule has 0 heterocycles. The van der Waals surface area contributed by atoms with E-state index in [1.165, 1.54) is 68.9 Å². The molecule has 2 aromatic carbocycles. The first kappa shape index (κ1) is 44.1. The molecule has 0 saturated heterocycles. The van der Waals surface area contributed by atoms with Gasteiger partial charge in [-0.2, -0.15) is 0 Å². The SMILES string of the molecule is CS(=O)c1ccccc1C(=O)[O-].CS(=O)c1ccccc1C(=O)[O-].NCC1(CN)CCCCC1.O=[N+]([O-])[O-].O=[N+]([O-])[O-].[Pt+4]. The van der Waals surface area contributed by atoms with Crippen molar-refractivity contribution in [2.45, 2.75) is 41.9 Å². The quantitative estimate of drug-likeness (QED) is 0.285. The molecule has 1 aliphatic carbocycles. The molecule has 0 aliphatic heterocycles. The Hall–Kier alpha value is -3.31. The molecule has 19 heteroatoms. The van der Waals surface area contributed by atoms with Crippen LogP contribution >= 0.6 is 0 Å². The van der Waals surface area contributed by atoms with Crippen LogP contribution in [0.5, 0.6) is 0 Å². The molecule has 0 aromatic heterocycles. The normalized spacial score (nSPS) is 13.8. The number of benzene rings is 2. The fraction of sp³-hybridized carbons (Fsp3) is 0.417. The molecular weight excluding hydrogens is 795 g/mol. The monoisotopic (exact) mass is 827 g/mol. The fourth-order valence-electron chi connectivity index (χ4n) is 3.57. The van der Waals surface area contributed by atoms with Gasteiger partial charge in [0.25, 0.3) is 0 Å². The summed E-state index contributed by atoms with van der Waals surface area (Å²) in [4.78, 5) is 38.1. The standard InChI is InChI=1S/C8H18N2.2C8H8O3S.2NO3.Pt/c9-6-8(7-10)4-2-1-3-5-8;2*1-12(11)7-5-3-2-4-6(7)8(9)10;2*2-1(3)4;/h1-7,9-10H2;2*2-5H,1H3,(H,9,10);;;/q;;;2*-1;+4/p-2. The van der Waals surface area contributed by atoms with Gasteiger partial charge in [-0.3, -0.25) is 8.42 Å². The number of rotatable bonds is 6. The molecule has 242 valence electrons. The fourth-order valence-corrected chi connectivity index (χ4v) is 5.03. The summed E-state index contributed by atoms with van der Waals surface area (Å²) in [6, 6.07) is 12.2. The van der Waals surface area contributed by atoms with E-state index in [4.69, 9.17) is 42.1 Å². The van der Waals surface area contributed by atoms with E-state index in [1.807, 2.05) is 0 Å². The molecule has 1 fully saturated rings. The zero-order valence-corrected chi connectivity index (χ0v) is 27.1. The van der Waals surface area contributed by atoms with Crippen molar-refractivity contribution in [3.63, 3.8) is 0 Å². The number of carboxylic acids is 2. The van der Waals surface area contributed by atoms with Gasteiger partial charge in [-0.15, -0.1) is 0 Å². The second kappa shape index (κ2) is 24.2. The minimum Gasteiger partial charge on any atom is -0.545 e. The van der Waals surface area contributed by atoms with E-state index in [1.54, 1.807) is 24.3 Å². The molecule has 1 saturated carbocycles. The molecule has 0 amide bonds. The van der Waals surface area contributed by atoms with Crippen LogP contribution in [-0.2, 0) is 42.7 Å². The van der Waals surface area contributed by atoms with Crippen LogP contribution in [0.2, 0.25) is 0 Å². The number of nitrogens with zero attached hydrogens (tertiary/aromatic N) is 2. The smallest absolute Gasteiger partial charge is 0.545 e. The summed E-state index contributed by atoms with van der Waals surface area (Å²) in [6.45, 7) is 1.56. The maximum absolute atomic E-state index is 11.0. The van der Waals surface area contributed by atoms with Gasteiger partial charge < -0.3 is 61.9 Å². The molecule has 3 rings (SSSR count). The van der Waals surface area contributed by atoms with Gasteiger partial charge in [0.1, 0.15) is 0 Å². The van der Waals surface area contributed by atoms with Gasteiger partial charge in [0.05, 0.1) is 43.7 Å². The third-order valence-electron chi connectivity index (χ3n) is 5.61. The average Bonchev–Trinajstić information content (AvgIpc) is 2.93. The predicted octanol–water partition coefficient (Wildman–Crippen LogP) is -0.0514. The van der Waals surface area contributed by atoms with E-state index in [9.17, 15) is 28.2 Å². The minimum absolute atomic E-state index is 0. The van der Waals surface area contributed by atoms with Crippen molar-refractivity contribution in [1.82, 2.24) is 0 Å². The third kappa shape index (κ3) is 20.3. The Morgan fingerprint density at radius 2 is 1.00 bits per heavy atom. The van der Waals surface area contributed by atoms with E-state index in [0.717, 1.165) is 13.1 Å². The van der Waals surface area contributed by atoms with Crippen LogP contribution in [0.4, 0.5) is 0 Å². The van der Waals surface area contributed by atoms with Gasteiger partial charge >= 0.3 is 21.1 Å². The summed E-state index contributed by atoms with van der Waals surface area (Å²) in [5, 5.41) is 50.5. The number of carbonyl (C=O) groups excluding carboxylic acids is 2. The van der Waals surface area contributed by atoms with Crippen molar-refractivity contribution in [2.24, 2.45) is 16.9 Å². The number of carboxylic acid groups (broad SMARTS) is 2. The Morgan fingerprint density at radius 3 is 1.19 bits per heavy atom. The number of nitrogens with two attached hydrogens (primary N) is 2. The van der Waals surface area contributed by atoms with Crippen LogP contribution in [0.1, 0.15) is 52.8 Å². The Kier molecular flexibility index (Phi) is 24.8. The van der Waals surface area contributed by atoms with Crippen molar-refractivity contribution in [3.05, 3.63) is 90.3 Å². The largest absolute Gasteiger partial charge is 4.00 e. The third-order valence-corrected chi connectivity index (χ3v) is 7.56. The second-order valence-corrected chi connectivity index (χ2v) is 11.1. The van der Waals surface area contributed by atoms with Crippen molar-refractivity contribution < 1.29 is 59.5 Å². The maximum atomic E-state index is 11.0. The van der Waals surface area contributed by atoms with Gasteiger partial charge in [-0.05, 0) is 43.5 Å². The number of hydrogen-bond acceptors (Lipinski definition) is 14. The summed E-state index contributed by atoms with van der Waals surface area (Å²) < 4.78 is 22.0. The first-order valence-corrected chi connectivity index (χ1v) is 15.0. The van der Waals surface area contributed by atoms with Crippen molar-refractivity contribution in [2.75, 3.05) is 25.6 Å². The van der Waals surface area contributed by atoms with Crippen molar-refractivity contribution in [3.8, 4) is 0 Å². The van der Waals surface area contributed by atoms with Gasteiger partial charge in [-0.1, -0.05) is 55.7 Å². The van der Waals surface area contributed by atoms with E-state index in [-0.39, 0.29) is 32.2 Å². The first-order chi connectivity index (χ1) is 19.5. The van der Waals surface area contributed by atoms with Gasteiger partial charge in [0, 0.05) is 33.4 Å². The molecule has 0 radical (unpaired) electrons. The van der Waals surface area contributed by atoms with Crippen LogP contribution in [0.25, 0.3) is 0 Å². The Bertz CT molecular complexity index is 1050. The Balaban J connectivity index is -0.000000492. The minimum atomic E-state index is -1.75. The van der Waals surface area contributed by atoms with E-state index in [2.05, 4.69) is 0 Å². The molecule has 2 aromatic rings. The zero-order valence-electron chi connectivity index (χ0n) is 23.1. The molecule has 43 heavy (non-hydrogen) atoms. The molecule has 16 nitrogen and oxygen atoms in total. The van der Waals surface area contributed by atoms with Crippen LogP contribution < -0.4 is 21.7 Å². The van der Waals surface area contributed by atoms with Gasteiger partial charge in [0.2, 0.25) is 0 Å². The van der Waals surface area contributed by atoms with Crippen LogP contribution in [0.3, 0.4) is 0 Å². The van der Waals surface area contributed by atoms with Crippen LogP contribution in [0, 0.1) is 36.1 Å². The summed E-state index contributed by atoms with van der Waals surface area (Å²) in [5.74, 6) is -2.58. The number of hydrogen-bond donors (Lipinski definition) is 2. The maximum Gasteiger partial charge on any atom is 4.00 e. The summed E-state index contributed by atoms with van der Waals surface area (Å²) >= 11 is 0. The number of carbonyl (C=O) groups is 2.